The van der Waals surface area contributed by atoms with Gasteiger partial charge < -0.3 is 24.4 Å². The largest absolute Gasteiger partial charge is 0.465 e. The molecular formula is C36H31ClFN3O7S2. The predicted octanol–water partition coefficient (Wildman–Crippen LogP) is 6.09. The fraction of sp³-hybridized carbons (Fsp3) is 0.250. The number of fused-ring (bicyclic) bond motifs is 2. The molecule has 0 saturated carbocycles. The topological polar surface area (TPSA) is 126 Å². The Morgan fingerprint density at radius 2 is 1.60 bits per heavy atom. The van der Waals surface area contributed by atoms with Crippen molar-refractivity contribution in [1.82, 2.24) is 4.98 Å². The lowest BCUT2D eigenvalue weighted by molar-refractivity contribution is -0.122. The predicted molar refractivity (Wildman–Crippen MR) is 188 cm³/mol. The first-order chi connectivity index (χ1) is 24.0. The van der Waals surface area contributed by atoms with E-state index in [1.165, 1.54) is 55.1 Å². The molecule has 2 aliphatic heterocycles. The lowest BCUT2D eigenvalue weighted by atomic mass is 9.98. The monoisotopic (exact) mass is 735 g/mol. The van der Waals surface area contributed by atoms with Crippen LogP contribution in [0, 0.1) is 5.82 Å². The van der Waals surface area contributed by atoms with E-state index in [4.69, 9.17) is 21.1 Å². The van der Waals surface area contributed by atoms with E-state index in [2.05, 4.69) is 4.98 Å². The van der Waals surface area contributed by atoms with Crippen molar-refractivity contribution in [3.63, 3.8) is 0 Å². The van der Waals surface area contributed by atoms with Gasteiger partial charge in [0.1, 0.15) is 10.6 Å². The molecule has 0 saturated heterocycles. The maximum atomic E-state index is 15.0. The first kappa shape index (κ1) is 35.4. The highest BCUT2D eigenvalue weighted by Crippen LogP contribution is 2.48. The molecule has 2 atom stereocenters. The van der Waals surface area contributed by atoms with Crippen LogP contribution in [0.4, 0.5) is 15.8 Å². The lowest BCUT2D eigenvalue weighted by Crippen LogP contribution is -2.53. The lowest BCUT2D eigenvalue weighted by Gasteiger charge is -2.41. The van der Waals surface area contributed by atoms with E-state index in [1.54, 1.807) is 53.6 Å². The molecule has 0 aliphatic carbocycles. The van der Waals surface area contributed by atoms with Gasteiger partial charge in [-0.1, -0.05) is 17.7 Å². The first-order valence-corrected chi connectivity index (χ1v) is 17.5. The van der Waals surface area contributed by atoms with E-state index < -0.39 is 35.0 Å². The van der Waals surface area contributed by atoms with E-state index in [1.807, 2.05) is 6.92 Å². The summed E-state index contributed by atoms with van der Waals surface area (Å²) in [5.74, 6) is -2.42. The molecule has 2 aliphatic rings. The van der Waals surface area contributed by atoms with Crippen LogP contribution in [0.25, 0.3) is 0 Å². The number of carbonyl (C=O) groups is 4. The Morgan fingerprint density at radius 3 is 2.24 bits per heavy atom. The van der Waals surface area contributed by atoms with Crippen molar-refractivity contribution in [2.24, 2.45) is 0 Å². The molecule has 6 rings (SSSR count). The van der Waals surface area contributed by atoms with Crippen LogP contribution >= 0.6 is 35.1 Å². The standard InChI is InChI=1S/C36H31ClFN3O7S2/c1-20-32(43)40(28-14-22(33(44)47-2)7-9-30(28)49-20)17-21-11-12-39-24(13-21)16-36(19-42)35(46)41(18-25-26(37)5-4-6-27(25)38)29-15-23(34(45)48-3)8-10-31(29)50-36/h4-15,20,42H,16-19H2,1-3H3. The first-order valence-electron chi connectivity index (χ1n) is 15.4. The van der Waals surface area contributed by atoms with Crippen LogP contribution in [-0.2, 0) is 38.6 Å². The fourth-order valence-electron chi connectivity index (χ4n) is 5.95. The second-order valence-corrected chi connectivity index (χ2v) is 14.9. The number of anilines is 2. The van der Waals surface area contributed by atoms with Gasteiger partial charge in [-0.25, -0.2) is 14.0 Å². The van der Waals surface area contributed by atoms with Gasteiger partial charge in [-0.2, -0.15) is 0 Å². The molecule has 2 amide bonds. The summed E-state index contributed by atoms with van der Waals surface area (Å²) in [6, 6.07) is 17.5. The molecule has 1 aromatic heterocycles. The number of nitrogens with zero attached hydrogens (tertiary/aromatic N) is 3. The number of ether oxygens (including phenoxy) is 2. The average molecular weight is 736 g/mol. The summed E-state index contributed by atoms with van der Waals surface area (Å²) in [7, 11) is 2.54. The van der Waals surface area contributed by atoms with Gasteiger partial charge >= 0.3 is 11.9 Å². The molecule has 0 bridgehead atoms. The summed E-state index contributed by atoms with van der Waals surface area (Å²) in [5, 5.41) is 10.7. The molecule has 0 radical (unpaired) electrons. The Balaban J connectivity index is 1.35. The van der Waals surface area contributed by atoms with Crippen molar-refractivity contribution in [2.75, 3.05) is 30.6 Å². The molecule has 2 unspecified atom stereocenters. The number of aliphatic hydroxyl groups is 1. The number of halogens is 2. The molecule has 3 heterocycles. The Labute approximate surface area is 300 Å². The summed E-state index contributed by atoms with van der Waals surface area (Å²) in [6.45, 7) is 1.11. The highest BCUT2D eigenvalue weighted by Gasteiger charge is 2.48. The Morgan fingerprint density at radius 1 is 0.940 bits per heavy atom. The number of thioether (sulfide) groups is 2. The van der Waals surface area contributed by atoms with Gasteiger partial charge in [-0.3, -0.25) is 14.6 Å². The number of hydrogen-bond donors (Lipinski definition) is 1. The van der Waals surface area contributed by atoms with Crippen LogP contribution in [0.15, 0.2) is 82.7 Å². The normalized spacial score (nSPS) is 18.4. The molecule has 1 N–H and O–H groups in total. The van der Waals surface area contributed by atoms with Gasteiger partial charge in [-0.15, -0.1) is 23.5 Å². The van der Waals surface area contributed by atoms with E-state index >= 15 is 4.39 Å². The number of hydrogen-bond acceptors (Lipinski definition) is 10. The highest BCUT2D eigenvalue weighted by atomic mass is 35.5. The third-order valence-corrected chi connectivity index (χ3v) is 11.4. The molecular weight excluding hydrogens is 705 g/mol. The second-order valence-electron chi connectivity index (χ2n) is 11.7. The zero-order valence-electron chi connectivity index (χ0n) is 27.1. The van der Waals surface area contributed by atoms with Crippen molar-refractivity contribution in [2.45, 2.75) is 46.2 Å². The number of amides is 2. The van der Waals surface area contributed by atoms with Gasteiger partial charge in [-0.05, 0) is 73.2 Å². The molecule has 3 aromatic carbocycles. The summed E-state index contributed by atoms with van der Waals surface area (Å²) >= 11 is 8.91. The Kier molecular flexibility index (Phi) is 10.2. The summed E-state index contributed by atoms with van der Waals surface area (Å²) in [6.07, 6.45) is 1.55. The molecule has 14 heteroatoms. The van der Waals surface area contributed by atoms with Crippen molar-refractivity contribution >= 4 is 70.3 Å². The quantitative estimate of drug-likeness (QED) is 0.202. The van der Waals surface area contributed by atoms with E-state index in [9.17, 15) is 24.3 Å². The number of benzene rings is 3. The summed E-state index contributed by atoms with van der Waals surface area (Å²) in [4.78, 5) is 61.5. The van der Waals surface area contributed by atoms with Gasteiger partial charge in [0.2, 0.25) is 11.8 Å². The fourth-order valence-corrected chi connectivity index (χ4v) is 8.53. The van der Waals surface area contributed by atoms with Gasteiger partial charge in [0, 0.05) is 38.7 Å². The molecule has 10 nitrogen and oxygen atoms in total. The van der Waals surface area contributed by atoms with Crippen LogP contribution in [0.1, 0.15) is 44.5 Å². The van der Waals surface area contributed by atoms with Crippen LogP contribution in [0.3, 0.4) is 0 Å². The number of esters is 2. The number of pyridine rings is 1. The van der Waals surface area contributed by atoms with Crippen LogP contribution in [-0.4, -0.2) is 64.7 Å². The third-order valence-electron chi connectivity index (χ3n) is 8.52. The number of aromatic nitrogens is 1. The van der Waals surface area contributed by atoms with E-state index in [-0.39, 0.29) is 46.8 Å². The maximum absolute atomic E-state index is 15.0. The SMILES string of the molecule is COC(=O)c1ccc2c(c1)N(Cc1ccnc(CC3(CO)Sc4ccc(C(=O)OC)cc4N(Cc4c(F)cccc4Cl)C3=O)c1)C(=O)C(C)S2. The van der Waals surface area contributed by atoms with Crippen molar-refractivity contribution in [3.8, 4) is 0 Å². The van der Waals surface area contributed by atoms with Gasteiger partial charge in [0.15, 0.2) is 0 Å². The Hall–Kier alpha value is -4.43. The van der Waals surface area contributed by atoms with Crippen molar-refractivity contribution < 1.29 is 38.1 Å². The summed E-state index contributed by atoms with van der Waals surface area (Å²) in [5.41, 5.74) is 2.67. The van der Waals surface area contributed by atoms with Crippen molar-refractivity contribution in [3.05, 3.63) is 112 Å². The van der Waals surface area contributed by atoms with Crippen LogP contribution < -0.4 is 9.80 Å². The number of aliphatic hydroxyl groups excluding tert-OH is 1. The minimum atomic E-state index is -1.49. The molecule has 0 fully saturated rings. The van der Waals surface area contributed by atoms with Gasteiger partial charge in [0.25, 0.3) is 0 Å². The van der Waals surface area contributed by atoms with E-state index in [0.29, 0.717) is 33.1 Å². The average Bonchev–Trinajstić information content (AvgIpc) is 3.12. The molecule has 0 spiro atoms. The van der Waals surface area contributed by atoms with Crippen LogP contribution in [0.5, 0.6) is 0 Å². The molecule has 50 heavy (non-hydrogen) atoms. The summed E-state index contributed by atoms with van der Waals surface area (Å²) < 4.78 is 23.3. The number of rotatable bonds is 9. The zero-order chi connectivity index (χ0) is 35.7. The number of carbonyl (C=O) groups excluding carboxylic acids is 4. The zero-order valence-corrected chi connectivity index (χ0v) is 29.5. The minimum Gasteiger partial charge on any atom is -0.465 e. The Bertz CT molecular complexity index is 2010. The third kappa shape index (κ3) is 6.70. The van der Waals surface area contributed by atoms with Crippen LogP contribution in [0.2, 0.25) is 5.02 Å². The number of methoxy groups -OCH3 is 2. The minimum absolute atomic E-state index is 0.0240. The van der Waals surface area contributed by atoms with E-state index in [0.717, 1.165) is 16.7 Å². The smallest absolute Gasteiger partial charge is 0.337 e. The molecule has 258 valence electrons. The van der Waals surface area contributed by atoms with Gasteiger partial charge in [0.05, 0.1) is 61.7 Å². The highest BCUT2D eigenvalue weighted by molar-refractivity contribution is 8.01. The second kappa shape index (κ2) is 14.4. The van der Waals surface area contributed by atoms with Crippen molar-refractivity contribution in [1.29, 1.82) is 0 Å². The maximum Gasteiger partial charge on any atom is 0.337 e. The molecule has 4 aromatic rings.